The summed E-state index contributed by atoms with van der Waals surface area (Å²) in [5.74, 6) is -1.25. The van der Waals surface area contributed by atoms with Gasteiger partial charge in [-0.2, -0.15) is 5.26 Å². The van der Waals surface area contributed by atoms with Crippen LogP contribution in [0.4, 0.5) is 11.5 Å². The second-order valence-corrected chi connectivity index (χ2v) is 4.87. The molecule has 0 radical (unpaired) electrons. The lowest BCUT2D eigenvalue weighted by molar-refractivity contribution is -0.112. The number of nitrogens with one attached hydrogen (secondary N) is 2. The molecule has 0 aliphatic rings. The summed E-state index contributed by atoms with van der Waals surface area (Å²) in [7, 11) is 0. The van der Waals surface area contributed by atoms with E-state index in [2.05, 4.69) is 15.6 Å². The highest BCUT2D eigenvalue weighted by Crippen LogP contribution is 2.12. The van der Waals surface area contributed by atoms with Gasteiger partial charge in [0.25, 0.3) is 5.91 Å². The van der Waals surface area contributed by atoms with Gasteiger partial charge in [-0.05, 0) is 42.8 Å². The maximum absolute atomic E-state index is 12.1. The third-order valence-corrected chi connectivity index (χ3v) is 3.01. The van der Waals surface area contributed by atoms with Crippen LogP contribution in [0, 0.1) is 18.3 Å². The topological polar surface area (TPSA) is 115 Å². The Bertz CT molecular complexity index is 853. The van der Waals surface area contributed by atoms with E-state index in [9.17, 15) is 9.59 Å². The first-order chi connectivity index (χ1) is 11.5. The van der Waals surface area contributed by atoms with Crippen molar-refractivity contribution in [2.24, 2.45) is 0 Å². The van der Waals surface area contributed by atoms with Crippen LogP contribution in [-0.4, -0.2) is 22.0 Å². The molecule has 0 saturated heterocycles. The average molecular weight is 322 g/mol. The van der Waals surface area contributed by atoms with Crippen LogP contribution in [0.2, 0.25) is 0 Å². The molecule has 0 spiro atoms. The van der Waals surface area contributed by atoms with Crippen LogP contribution in [0.3, 0.4) is 0 Å². The van der Waals surface area contributed by atoms with Crippen molar-refractivity contribution in [3.8, 4) is 6.07 Å². The molecule has 0 fully saturated rings. The molecule has 1 aromatic carbocycles. The van der Waals surface area contributed by atoms with Crippen molar-refractivity contribution in [3.63, 3.8) is 0 Å². The van der Waals surface area contributed by atoms with Crippen LogP contribution in [0.15, 0.2) is 54.4 Å². The minimum atomic E-state index is -1.10. The van der Waals surface area contributed by atoms with Crippen LogP contribution < -0.4 is 10.6 Å². The third-order valence-electron chi connectivity index (χ3n) is 3.01. The predicted octanol–water partition coefficient (Wildman–Crippen LogP) is 2.55. The molecule has 24 heavy (non-hydrogen) atoms. The van der Waals surface area contributed by atoms with Crippen LogP contribution in [0.25, 0.3) is 0 Å². The van der Waals surface area contributed by atoms with E-state index in [1.807, 2.05) is 13.0 Å². The molecule has 7 heteroatoms. The highest BCUT2D eigenvalue weighted by atomic mass is 16.4. The summed E-state index contributed by atoms with van der Waals surface area (Å²) in [4.78, 5) is 27.1. The van der Waals surface area contributed by atoms with Crippen molar-refractivity contribution in [1.82, 2.24) is 4.98 Å². The second-order valence-electron chi connectivity index (χ2n) is 4.87. The fourth-order valence-corrected chi connectivity index (χ4v) is 1.84. The van der Waals surface area contributed by atoms with Crippen molar-refractivity contribution in [2.75, 3.05) is 10.6 Å². The highest BCUT2D eigenvalue weighted by molar-refractivity contribution is 6.07. The molecule has 0 aliphatic carbocycles. The number of nitriles is 1. The Hall–Kier alpha value is -3.66. The molecular weight excluding hydrogens is 308 g/mol. The molecule has 0 atom stereocenters. The van der Waals surface area contributed by atoms with E-state index in [0.717, 1.165) is 5.56 Å². The number of benzene rings is 1. The Morgan fingerprint density at radius 2 is 2.08 bits per heavy atom. The van der Waals surface area contributed by atoms with E-state index < -0.39 is 11.9 Å². The minimum Gasteiger partial charge on any atom is -0.478 e. The predicted molar refractivity (Wildman–Crippen MR) is 88.3 cm³/mol. The quantitative estimate of drug-likeness (QED) is 0.575. The van der Waals surface area contributed by atoms with Gasteiger partial charge in [0, 0.05) is 18.1 Å². The summed E-state index contributed by atoms with van der Waals surface area (Å²) in [6, 6.07) is 11.1. The molecule has 7 nitrogen and oxygen atoms in total. The number of rotatable bonds is 5. The molecule has 1 heterocycles. The van der Waals surface area contributed by atoms with Crippen LogP contribution in [0.5, 0.6) is 0 Å². The molecular formula is C17H14N4O3. The number of hydrogen-bond acceptors (Lipinski definition) is 5. The first-order valence-corrected chi connectivity index (χ1v) is 6.94. The average Bonchev–Trinajstić information content (AvgIpc) is 2.55. The van der Waals surface area contributed by atoms with Crippen LogP contribution >= 0.6 is 0 Å². The normalized spacial score (nSPS) is 10.6. The number of pyridine rings is 1. The summed E-state index contributed by atoms with van der Waals surface area (Å²) < 4.78 is 0. The first kappa shape index (κ1) is 16.7. The number of aromatic carboxylic acids is 1. The molecule has 0 unspecified atom stereocenters. The van der Waals surface area contributed by atoms with E-state index in [4.69, 9.17) is 10.4 Å². The van der Waals surface area contributed by atoms with E-state index in [1.54, 1.807) is 18.3 Å². The van der Waals surface area contributed by atoms with Gasteiger partial charge >= 0.3 is 5.97 Å². The zero-order valence-electron chi connectivity index (χ0n) is 12.8. The number of carboxylic acids is 1. The maximum atomic E-state index is 12.1. The Labute approximate surface area is 138 Å². The number of hydrogen-bond donors (Lipinski definition) is 3. The SMILES string of the molecule is Cc1ccnc(N/C=C(/C#N)C(=O)Nc2cccc(C(=O)O)c2)c1. The number of nitrogens with zero attached hydrogens (tertiary/aromatic N) is 2. The number of amides is 1. The van der Waals surface area contributed by atoms with Gasteiger partial charge in [0.15, 0.2) is 0 Å². The van der Waals surface area contributed by atoms with E-state index >= 15 is 0 Å². The number of anilines is 2. The minimum absolute atomic E-state index is 0.0392. The van der Waals surface area contributed by atoms with E-state index in [1.165, 1.54) is 30.5 Å². The van der Waals surface area contributed by atoms with Crippen LogP contribution in [0.1, 0.15) is 15.9 Å². The molecule has 2 aromatic rings. The monoisotopic (exact) mass is 322 g/mol. The Morgan fingerprint density at radius 1 is 1.29 bits per heavy atom. The smallest absolute Gasteiger partial charge is 0.335 e. The fraction of sp³-hybridized carbons (Fsp3) is 0.0588. The molecule has 0 aliphatic heterocycles. The van der Waals surface area contributed by atoms with E-state index in [0.29, 0.717) is 5.82 Å². The zero-order valence-corrected chi connectivity index (χ0v) is 12.8. The van der Waals surface area contributed by atoms with Crippen molar-refractivity contribution in [1.29, 1.82) is 5.26 Å². The molecule has 3 N–H and O–H groups in total. The fourth-order valence-electron chi connectivity index (χ4n) is 1.84. The number of carbonyl (C=O) groups excluding carboxylic acids is 1. The largest absolute Gasteiger partial charge is 0.478 e. The summed E-state index contributed by atoms with van der Waals surface area (Å²) >= 11 is 0. The van der Waals surface area contributed by atoms with Crippen molar-refractivity contribution >= 4 is 23.4 Å². The lowest BCUT2D eigenvalue weighted by atomic mass is 10.2. The molecule has 1 aromatic heterocycles. The Morgan fingerprint density at radius 3 is 2.75 bits per heavy atom. The molecule has 0 bridgehead atoms. The van der Waals surface area contributed by atoms with Gasteiger partial charge < -0.3 is 15.7 Å². The van der Waals surface area contributed by atoms with Gasteiger partial charge in [-0.15, -0.1) is 0 Å². The van der Waals surface area contributed by atoms with Gasteiger partial charge in [-0.25, -0.2) is 9.78 Å². The summed E-state index contributed by atoms with van der Waals surface area (Å²) in [5, 5.41) is 23.3. The Kier molecular flexibility index (Phi) is 5.26. The molecule has 1 amide bonds. The number of aromatic nitrogens is 1. The molecule has 0 saturated carbocycles. The zero-order chi connectivity index (χ0) is 17.5. The van der Waals surface area contributed by atoms with Crippen molar-refractivity contribution in [2.45, 2.75) is 6.92 Å². The van der Waals surface area contributed by atoms with Crippen molar-refractivity contribution in [3.05, 3.63) is 65.5 Å². The maximum Gasteiger partial charge on any atom is 0.335 e. The van der Waals surface area contributed by atoms with Gasteiger partial charge in [0.05, 0.1) is 5.56 Å². The van der Waals surface area contributed by atoms with Gasteiger partial charge in [-0.1, -0.05) is 6.07 Å². The van der Waals surface area contributed by atoms with Crippen LogP contribution in [-0.2, 0) is 4.79 Å². The number of carbonyl (C=O) groups is 2. The summed E-state index contributed by atoms with van der Waals surface area (Å²) in [6.07, 6.45) is 2.85. The number of aryl methyl sites for hydroxylation is 1. The standard InChI is InChI=1S/C17H14N4O3/c1-11-5-6-19-15(7-11)20-10-13(9-18)16(22)21-14-4-2-3-12(8-14)17(23)24/h2-8,10H,1H3,(H,19,20)(H,21,22)(H,23,24)/b13-10-. The summed E-state index contributed by atoms with van der Waals surface area (Å²) in [6.45, 7) is 1.89. The lowest BCUT2D eigenvalue weighted by Gasteiger charge is -2.06. The molecule has 2 rings (SSSR count). The van der Waals surface area contributed by atoms with Gasteiger partial charge in [0.2, 0.25) is 0 Å². The number of carboxylic acid groups (broad SMARTS) is 1. The summed E-state index contributed by atoms with van der Waals surface area (Å²) in [5.41, 5.74) is 1.14. The third kappa shape index (κ3) is 4.42. The first-order valence-electron chi connectivity index (χ1n) is 6.94. The lowest BCUT2D eigenvalue weighted by Crippen LogP contribution is -2.15. The highest BCUT2D eigenvalue weighted by Gasteiger charge is 2.11. The Balaban J connectivity index is 2.11. The molecule has 120 valence electrons. The van der Waals surface area contributed by atoms with Crippen molar-refractivity contribution < 1.29 is 14.7 Å². The van der Waals surface area contributed by atoms with Gasteiger partial charge in [-0.3, -0.25) is 4.79 Å². The van der Waals surface area contributed by atoms with E-state index in [-0.39, 0.29) is 16.8 Å². The van der Waals surface area contributed by atoms with Gasteiger partial charge in [0.1, 0.15) is 17.5 Å². The second kappa shape index (κ2) is 7.56.